The summed E-state index contributed by atoms with van der Waals surface area (Å²) in [5.41, 5.74) is 0. The number of thiophene rings is 1. The van der Waals surface area contributed by atoms with Crippen molar-refractivity contribution in [3.8, 4) is 5.75 Å². The zero-order valence-electron chi connectivity index (χ0n) is 10.4. The molecule has 1 atom stereocenters. The maximum Gasteiger partial charge on any atom is 0.119 e. The predicted octanol–water partition coefficient (Wildman–Crippen LogP) is 3.04. The van der Waals surface area contributed by atoms with E-state index in [1.54, 1.807) is 11.3 Å². The van der Waals surface area contributed by atoms with Crippen LogP contribution in [0.2, 0.25) is 0 Å². The van der Waals surface area contributed by atoms with Gasteiger partial charge >= 0.3 is 0 Å². The lowest BCUT2D eigenvalue weighted by atomic mass is 10.3. The van der Waals surface area contributed by atoms with Gasteiger partial charge in [0.05, 0.1) is 0 Å². The largest absolute Gasteiger partial charge is 0.491 e. The van der Waals surface area contributed by atoms with E-state index in [1.165, 1.54) is 4.88 Å². The first kappa shape index (κ1) is 14.5. The maximum absolute atomic E-state index is 9.80. The molecule has 2 N–H and O–H groups in total. The summed E-state index contributed by atoms with van der Waals surface area (Å²) < 4.78 is 6.51. The Kier molecular flexibility index (Phi) is 5.85. The fourth-order valence-electron chi connectivity index (χ4n) is 1.56. The molecule has 0 aliphatic carbocycles. The molecule has 102 valence electrons. The van der Waals surface area contributed by atoms with Crippen LogP contribution in [0.1, 0.15) is 4.88 Å². The summed E-state index contributed by atoms with van der Waals surface area (Å²) in [6, 6.07) is 11.7. The van der Waals surface area contributed by atoms with Gasteiger partial charge in [-0.3, -0.25) is 0 Å². The molecule has 3 nitrogen and oxygen atoms in total. The molecule has 19 heavy (non-hydrogen) atoms. The third kappa shape index (κ3) is 5.32. The molecule has 1 aromatic heterocycles. The molecule has 0 saturated heterocycles. The minimum atomic E-state index is -0.511. The lowest BCUT2D eigenvalue weighted by Gasteiger charge is -2.13. The van der Waals surface area contributed by atoms with Gasteiger partial charge in [0.25, 0.3) is 0 Å². The van der Waals surface area contributed by atoms with E-state index in [-0.39, 0.29) is 0 Å². The number of hydrogen-bond acceptors (Lipinski definition) is 4. The normalized spacial score (nSPS) is 12.3. The van der Waals surface area contributed by atoms with Crippen molar-refractivity contribution in [2.45, 2.75) is 12.6 Å². The number of ether oxygens (including phenoxy) is 1. The molecule has 0 radical (unpaired) electrons. The summed E-state index contributed by atoms with van der Waals surface area (Å²) >= 11 is 5.07. The number of rotatable bonds is 7. The number of hydrogen-bond donors (Lipinski definition) is 2. The average molecular weight is 342 g/mol. The highest BCUT2D eigenvalue weighted by Crippen LogP contribution is 2.16. The highest BCUT2D eigenvalue weighted by atomic mass is 79.9. The highest BCUT2D eigenvalue weighted by molar-refractivity contribution is 9.10. The van der Waals surface area contributed by atoms with Crippen molar-refractivity contribution in [1.82, 2.24) is 5.32 Å². The van der Waals surface area contributed by atoms with Gasteiger partial charge in [-0.25, -0.2) is 0 Å². The Morgan fingerprint density at radius 3 is 2.74 bits per heavy atom. The summed E-state index contributed by atoms with van der Waals surface area (Å²) in [4.78, 5) is 1.26. The second-order valence-corrected chi connectivity index (χ2v) is 6.08. The lowest BCUT2D eigenvalue weighted by Crippen LogP contribution is -2.30. The van der Waals surface area contributed by atoms with Gasteiger partial charge in [0.15, 0.2) is 0 Å². The van der Waals surface area contributed by atoms with Gasteiger partial charge in [-0.1, -0.05) is 22.0 Å². The van der Waals surface area contributed by atoms with Crippen LogP contribution >= 0.6 is 27.3 Å². The van der Waals surface area contributed by atoms with Crippen molar-refractivity contribution in [3.63, 3.8) is 0 Å². The number of aliphatic hydroxyl groups excluding tert-OH is 1. The minimum absolute atomic E-state index is 0.291. The molecule has 0 saturated carbocycles. The zero-order valence-corrected chi connectivity index (χ0v) is 12.8. The summed E-state index contributed by atoms with van der Waals surface area (Å²) in [6.45, 7) is 1.60. The van der Waals surface area contributed by atoms with Crippen LogP contribution in [0.25, 0.3) is 0 Å². The molecule has 1 aromatic carbocycles. The van der Waals surface area contributed by atoms with E-state index >= 15 is 0 Å². The quantitative estimate of drug-likeness (QED) is 0.813. The Morgan fingerprint density at radius 2 is 2.05 bits per heavy atom. The first-order valence-electron chi connectivity index (χ1n) is 6.03. The number of nitrogens with one attached hydrogen (secondary N) is 1. The lowest BCUT2D eigenvalue weighted by molar-refractivity contribution is 0.106. The van der Waals surface area contributed by atoms with Gasteiger partial charge in [-0.2, -0.15) is 0 Å². The van der Waals surface area contributed by atoms with Crippen LogP contribution in [0, 0.1) is 0 Å². The molecule has 0 aliphatic heterocycles. The van der Waals surface area contributed by atoms with Crippen LogP contribution in [-0.4, -0.2) is 24.4 Å². The fourth-order valence-corrected chi connectivity index (χ4v) is 2.50. The summed E-state index contributed by atoms with van der Waals surface area (Å²) in [7, 11) is 0. The first-order valence-corrected chi connectivity index (χ1v) is 7.71. The zero-order chi connectivity index (χ0) is 13.5. The average Bonchev–Trinajstić information content (AvgIpc) is 2.91. The van der Waals surface area contributed by atoms with Crippen molar-refractivity contribution in [2.24, 2.45) is 0 Å². The number of halogens is 1. The van der Waals surface area contributed by atoms with E-state index in [0.717, 1.165) is 16.8 Å². The van der Waals surface area contributed by atoms with Crippen LogP contribution < -0.4 is 10.1 Å². The van der Waals surface area contributed by atoms with E-state index in [1.807, 2.05) is 35.7 Å². The molecule has 0 bridgehead atoms. The van der Waals surface area contributed by atoms with Gasteiger partial charge in [-0.05, 0) is 35.7 Å². The van der Waals surface area contributed by atoms with Crippen LogP contribution in [-0.2, 0) is 6.54 Å². The molecule has 0 amide bonds. The molecule has 0 spiro atoms. The Morgan fingerprint density at radius 1 is 1.26 bits per heavy atom. The van der Waals surface area contributed by atoms with E-state index in [9.17, 15) is 5.11 Å². The number of aliphatic hydroxyl groups is 1. The molecule has 2 rings (SSSR count). The van der Waals surface area contributed by atoms with Crippen LogP contribution in [0.3, 0.4) is 0 Å². The molecule has 1 unspecified atom stereocenters. The Labute approximate surface area is 125 Å². The van der Waals surface area contributed by atoms with Crippen LogP contribution in [0.4, 0.5) is 0 Å². The Balaban J connectivity index is 1.64. The van der Waals surface area contributed by atoms with Gasteiger partial charge in [0, 0.05) is 22.4 Å². The Bertz CT molecular complexity index is 473. The first-order chi connectivity index (χ1) is 9.24. The third-order valence-electron chi connectivity index (χ3n) is 2.52. The van der Waals surface area contributed by atoms with E-state index in [4.69, 9.17) is 4.74 Å². The summed E-state index contributed by atoms with van der Waals surface area (Å²) in [6.07, 6.45) is -0.511. The van der Waals surface area contributed by atoms with E-state index < -0.39 is 6.10 Å². The second kappa shape index (κ2) is 7.65. The molecule has 2 aromatic rings. The molecule has 5 heteroatoms. The molecular formula is C14H16BrNO2S. The maximum atomic E-state index is 9.80. The van der Waals surface area contributed by atoms with Crippen molar-refractivity contribution < 1.29 is 9.84 Å². The van der Waals surface area contributed by atoms with E-state index in [2.05, 4.69) is 27.3 Å². The summed E-state index contributed by atoms with van der Waals surface area (Å²) in [5, 5.41) is 15.1. The van der Waals surface area contributed by atoms with E-state index in [0.29, 0.717) is 13.2 Å². The van der Waals surface area contributed by atoms with Crippen LogP contribution in [0.15, 0.2) is 46.3 Å². The molecular weight excluding hydrogens is 326 g/mol. The Hall–Kier alpha value is -0.880. The van der Waals surface area contributed by atoms with Gasteiger partial charge in [-0.15, -0.1) is 11.3 Å². The summed E-state index contributed by atoms with van der Waals surface area (Å²) in [5.74, 6) is 0.764. The molecule has 1 heterocycles. The van der Waals surface area contributed by atoms with Crippen LogP contribution in [0.5, 0.6) is 5.75 Å². The van der Waals surface area contributed by atoms with Crippen molar-refractivity contribution in [1.29, 1.82) is 0 Å². The SMILES string of the molecule is OC(CNCc1cccs1)COc1ccc(Br)cc1. The molecule has 0 fully saturated rings. The smallest absolute Gasteiger partial charge is 0.119 e. The number of benzene rings is 1. The van der Waals surface area contributed by atoms with Gasteiger partial charge < -0.3 is 15.2 Å². The topological polar surface area (TPSA) is 41.5 Å². The second-order valence-electron chi connectivity index (χ2n) is 4.13. The predicted molar refractivity (Wildman–Crippen MR) is 81.7 cm³/mol. The highest BCUT2D eigenvalue weighted by Gasteiger charge is 2.05. The van der Waals surface area contributed by atoms with Gasteiger partial charge in [0.2, 0.25) is 0 Å². The minimum Gasteiger partial charge on any atom is -0.491 e. The van der Waals surface area contributed by atoms with Crippen molar-refractivity contribution in [2.75, 3.05) is 13.2 Å². The van der Waals surface area contributed by atoms with Gasteiger partial charge in [0.1, 0.15) is 18.5 Å². The van der Waals surface area contributed by atoms with Crippen molar-refractivity contribution in [3.05, 3.63) is 51.1 Å². The molecule has 0 aliphatic rings. The standard InChI is InChI=1S/C14H16BrNO2S/c15-11-3-5-13(6-4-11)18-10-12(17)8-16-9-14-2-1-7-19-14/h1-7,12,16-17H,8-10H2. The monoisotopic (exact) mass is 341 g/mol. The third-order valence-corrected chi connectivity index (χ3v) is 3.92. The fraction of sp³-hybridized carbons (Fsp3) is 0.286. The van der Waals surface area contributed by atoms with Crippen molar-refractivity contribution >= 4 is 27.3 Å².